The van der Waals surface area contributed by atoms with Gasteiger partial charge in [0, 0.05) is 12.5 Å². The van der Waals surface area contributed by atoms with E-state index in [1.54, 1.807) is 0 Å². The normalized spacial score (nSPS) is 13.4. The van der Waals surface area contributed by atoms with Crippen molar-refractivity contribution in [1.29, 1.82) is 0 Å². The van der Waals surface area contributed by atoms with Gasteiger partial charge in [-0.2, -0.15) is 0 Å². The second-order valence-electron chi connectivity index (χ2n) is 4.77. The molecule has 0 aromatic heterocycles. The van der Waals surface area contributed by atoms with E-state index in [1.807, 2.05) is 18.2 Å². The largest absolute Gasteiger partial charge is 0.409 e. The second-order valence-corrected chi connectivity index (χ2v) is 4.77. The number of hydrogen-bond donors (Lipinski definition) is 3. The second kappa shape index (κ2) is 9.39. The first-order valence-electron chi connectivity index (χ1n) is 7.02. The summed E-state index contributed by atoms with van der Waals surface area (Å²) in [5, 5.41) is 15.3. The third-order valence-corrected chi connectivity index (χ3v) is 3.16. The Balaban J connectivity index is 2.50. The van der Waals surface area contributed by atoms with E-state index in [4.69, 9.17) is 10.9 Å². The maximum Gasteiger partial charge on any atom is 0.141 e. The monoisotopic (exact) mass is 263 g/mol. The highest BCUT2D eigenvalue weighted by Gasteiger charge is 2.12. The van der Waals surface area contributed by atoms with Gasteiger partial charge >= 0.3 is 0 Å². The average molecular weight is 263 g/mol. The molecule has 0 aliphatic heterocycles. The minimum absolute atomic E-state index is 0.110. The molecule has 0 saturated heterocycles. The molecule has 0 bridgehead atoms. The summed E-state index contributed by atoms with van der Waals surface area (Å²) in [6.45, 7) is 3.16. The highest BCUT2D eigenvalue weighted by molar-refractivity contribution is 5.80. The van der Waals surface area contributed by atoms with E-state index in [9.17, 15) is 0 Å². The van der Waals surface area contributed by atoms with Crippen LogP contribution in [0.4, 0.5) is 0 Å². The summed E-state index contributed by atoms with van der Waals surface area (Å²) in [5.74, 6) is 0.259. The van der Waals surface area contributed by atoms with Gasteiger partial charge in [0.1, 0.15) is 5.84 Å². The molecule has 0 aliphatic carbocycles. The lowest BCUT2D eigenvalue weighted by Gasteiger charge is -2.18. The van der Waals surface area contributed by atoms with E-state index in [-0.39, 0.29) is 11.9 Å². The van der Waals surface area contributed by atoms with Gasteiger partial charge in [0.25, 0.3) is 0 Å². The summed E-state index contributed by atoms with van der Waals surface area (Å²) in [4.78, 5) is 0. The number of hydrogen-bond acceptors (Lipinski definition) is 3. The summed E-state index contributed by atoms with van der Waals surface area (Å²) in [7, 11) is 0. The van der Waals surface area contributed by atoms with Gasteiger partial charge < -0.3 is 16.3 Å². The summed E-state index contributed by atoms with van der Waals surface area (Å²) >= 11 is 0. The lowest BCUT2D eigenvalue weighted by molar-refractivity contribution is 0.315. The lowest BCUT2D eigenvalue weighted by atomic mass is 10.0. The van der Waals surface area contributed by atoms with Crippen molar-refractivity contribution in [3.05, 3.63) is 35.9 Å². The fourth-order valence-corrected chi connectivity index (χ4v) is 2.07. The van der Waals surface area contributed by atoms with Crippen LogP contribution in [-0.2, 0) is 0 Å². The van der Waals surface area contributed by atoms with E-state index in [1.165, 1.54) is 24.8 Å². The molecule has 1 unspecified atom stereocenters. The molecule has 4 nitrogen and oxygen atoms in total. The van der Waals surface area contributed by atoms with Crippen LogP contribution in [-0.4, -0.2) is 17.6 Å². The van der Waals surface area contributed by atoms with Crippen molar-refractivity contribution in [3.8, 4) is 0 Å². The SMILES string of the molecule is CCCCCCNC(CC(N)=NO)c1ccccc1. The van der Waals surface area contributed by atoms with Crippen LogP contribution < -0.4 is 11.1 Å². The predicted molar refractivity (Wildman–Crippen MR) is 79.4 cm³/mol. The summed E-state index contributed by atoms with van der Waals surface area (Å²) in [6.07, 6.45) is 5.44. The molecule has 1 aromatic carbocycles. The number of oxime groups is 1. The van der Waals surface area contributed by atoms with Crippen LogP contribution in [0, 0.1) is 0 Å². The van der Waals surface area contributed by atoms with Gasteiger partial charge in [-0.3, -0.25) is 0 Å². The van der Waals surface area contributed by atoms with Gasteiger partial charge in [0.2, 0.25) is 0 Å². The summed E-state index contributed by atoms with van der Waals surface area (Å²) in [6, 6.07) is 10.2. The summed E-state index contributed by atoms with van der Waals surface area (Å²) < 4.78 is 0. The number of rotatable bonds is 9. The lowest BCUT2D eigenvalue weighted by Crippen LogP contribution is -2.27. The van der Waals surface area contributed by atoms with Crippen molar-refractivity contribution < 1.29 is 5.21 Å². The topological polar surface area (TPSA) is 70.6 Å². The van der Waals surface area contributed by atoms with E-state index >= 15 is 0 Å². The molecule has 0 aliphatic rings. The highest BCUT2D eigenvalue weighted by Crippen LogP contribution is 2.16. The van der Waals surface area contributed by atoms with Crippen LogP contribution in [0.2, 0.25) is 0 Å². The van der Waals surface area contributed by atoms with Gasteiger partial charge in [0.05, 0.1) is 0 Å². The molecule has 1 rings (SSSR count). The zero-order chi connectivity index (χ0) is 13.9. The van der Waals surface area contributed by atoms with Gasteiger partial charge in [-0.05, 0) is 18.5 Å². The van der Waals surface area contributed by atoms with E-state index in [0.29, 0.717) is 6.42 Å². The zero-order valence-electron chi connectivity index (χ0n) is 11.7. The smallest absolute Gasteiger partial charge is 0.141 e. The number of nitrogens with one attached hydrogen (secondary N) is 1. The van der Waals surface area contributed by atoms with Crippen LogP contribution in [0.5, 0.6) is 0 Å². The number of unbranched alkanes of at least 4 members (excludes halogenated alkanes) is 3. The standard InChI is InChI=1S/C15H25N3O/c1-2-3-4-8-11-17-14(12-15(16)18-19)13-9-6-5-7-10-13/h5-7,9-10,14,17,19H,2-4,8,11-12H2,1H3,(H2,16,18). The van der Waals surface area contributed by atoms with Crippen LogP contribution in [0.15, 0.2) is 35.5 Å². The fraction of sp³-hybridized carbons (Fsp3) is 0.533. The van der Waals surface area contributed by atoms with Crippen molar-refractivity contribution >= 4 is 5.84 Å². The Morgan fingerprint density at radius 2 is 2.00 bits per heavy atom. The molecular weight excluding hydrogens is 238 g/mol. The Labute approximate surface area is 115 Å². The van der Waals surface area contributed by atoms with Crippen molar-refractivity contribution in [2.45, 2.75) is 45.1 Å². The van der Waals surface area contributed by atoms with Crippen molar-refractivity contribution in [3.63, 3.8) is 0 Å². The fourth-order valence-electron chi connectivity index (χ4n) is 2.07. The molecule has 106 valence electrons. The molecule has 0 radical (unpaired) electrons. The zero-order valence-corrected chi connectivity index (χ0v) is 11.7. The molecule has 0 amide bonds. The van der Waals surface area contributed by atoms with E-state index in [0.717, 1.165) is 13.0 Å². The quantitative estimate of drug-likeness (QED) is 0.211. The van der Waals surface area contributed by atoms with Crippen molar-refractivity contribution in [2.75, 3.05) is 6.54 Å². The Morgan fingerprint density at radius 1 is 1.26 bits per heavy atom. The molecule has 0 fully saturated rings. The van der Waals surface area contributed by atoms with Gasteiger partial charge in [0.15, 0.2) is 0 Å². The predicted octanol–water partition coefficient (Wildman–Crippen LogP) is 3.03. The molecule has 0 saturated carbocycles. The Morgan fingerprint density at radius 3 is 2.63 bits per heavy atom. The molecule has 4 N–H and O–H groups in total. The first-order chi connectivity index (χ1) is 9.27. The molecule has 0 heterocycles. The minimum Gasteiger partial charge on any atom is -0.409 e. The third kappa shape index (κ3) is 6.25. The number of nitrogens with two attached hydrogens (primary N) is 1. The van der Waals surface area contributed by atoms with Gasteiger partial charge in [-0.1, -0.05) is 61.7 Å². The van der Waals surface area contributed by atoms with Gasteiger partial charge in [-0.15, -0.1) is 0 Å². The number of nitrogens with zero attached hydrogens (tertiary/aromatic N) is 1. The maximum atomic E-state index is 8.71. The molecular formula is C15H25N3O. The Hall–Kier alpha value is -1.55. The van der Waals surface area contributed by atoms with Crippen LogP contribution in [0.3, 0.4) is 0 Å². The Kier molecular flexibility index (Phi) is 7.66. The first-order valence-corrected chi connectivity index (χ1v) is 7.02. The Bertz CT molecular complexity index is 365. The van der Waals surface area contributed by atoms with Crippen LogP contribution in [0.25, 0.3) is 0 Å². The van der Waals surface area contributed by atoms with Crippen molar-refractivity contribution in [2.24, 2.45) is 10.9 Å². The number of amidine groups is 1. The number of benzene rings is 1. The van der Waals surface area contributed by atoms with Crippen LogP contribution >= 0.6 is 0 Å². The third-order valence-electron chi connectivity index (χ3n) is 3.16. The van der Waals surface area contributed by atoms with Crippen molar-refractivity contribution in [1.82, 2.24) is 5.32 Å². The van der Waals surface area contributed by atoms with Gasteiger partial charge in [-0.25, -0.2) is 0 Å². The molecule has 0 spiro atoms. The summed E-state index contributed by atoms with van der Waals surface area (Å²) in [5.41, 5.74) is 6.79. The molecule has 19 heavy (non-hydrogen) atoms. The maximum absolute atomic E-state index is 8.71. The average Bonchev–Trinajstić information content (AvgIpc) is 2.46. The molecule has 4 heteroatoms. The minimum atomic E-state index is 0.110. The van der Waals surface area contributed by atoms with E-state index < -0.39 is 0 Å². The molecule has 1 aromatic rings. The first kappa shape index (κ1) is 15.5. The van der Waals surface area contributed by atoms with Crippen LogP contribution in [0.1, 0.15) is 50.6 Å². The van der Waals surface area contributed by atoms with E-state index in [2.05, 4.69) is 29.5 Å². The molecule has 1 atom stereocenters. The highest BCUT2D eigenvalue weighted by atomic mass is 16.4.